The highest BCUT2D eigenvalue weighted by atomic mass is 32.1. The highest BCUT2D eigenvalue weighted by Crippen LogP contribution is 2.33. The molecule has 0 bridgehead atoms. The predicted molar refractivity (Wildman–Crippen MR) is 55.3 cm³/mol. The molecule has 1 aromatic rings. The fourth-order valence-corrected chi connectivity index (χ4v) is 2.27. The number of carboxylic acid groups (broad SMARTS) is 1. The zero-order chi connectivity index (χ0) is 11.0. The third kappa shape index (κ3) is 1.99. The Morgan fingerprint density at radius 3 is 2.67 bits per heavy atom. The van der Waals surface area contributed by atoms with Gasteiger partial charge in [0.25, 0.3) is 0 Å². The summed E-state index contributed by atoms with van der Waals surface area (Å²) in [5.74, 6) is -1.14. The Bertz CT molecular complexity index is 411. The van der Waals surface area contributed by atoms with Crippen molar-refractivity contribution in [1.29, 1.82) is 0 Å². The number of rotatable bonds is 3. The lowest BCUT2D eigenvalue weighted by Gasteiger charge is -2.16. The van der Waals surface area contributed by atoms with E-state index >= 15 is 0 Å². The van der Waals surface area contributed by atoms with E-state index in [1.807, 2.05) is 0 Å². The van der Waals surface area contributed by atoms with Crippen molar-refractivity contribution in [2.24, 2.45) is 0 Å². The fourth-order valence-electron chi connectivity index (χ4n) is 1.35. The Kier molecular flexibility index (Phi) is 2.44. The molecule has 1 N–H and O–H groups in total. The van der Waals surface area contributed by atoms with Crippen LogP contribution in [0.2, 0.25) is 0 Å². The van der Waals surface area contributed by atoms with Gasteiger partial charge in [-0.1, -0.05) is 0 Å². The Morgan fingerprint density at radius 1 is 1.60 bits per heavy atom. The summed E-state index contributed by atoms with van der Waals surface area (Å²) in [6, 6.07) is 0.218. The fraction of sp³-hybridized carbons (Fsp3) is 0.444. The molecule has 0 atom stereocenters. The lowest BCUT2D eigenvalue weighted by molar-refractivity contribution is -0.116. The van der Waals surface area contributed by atoms with Crippen LogP contribution in [-0.2, 0) is 4.79 Å². The van der Waals surface area contributed by atoms with Crippen LogP contribution in [0.4, 0.5) is 5.13 Å². The van der Waals surface area contributed by atoms with Crippen molar-refractivity contribution in [3.63, 3.8) is 0 Å². The van der Waals surface area contributed by atoms with Crippen molar-refractivity contribution < 1.29 is 14.7 Å². The Hall–Kier alpha value is -1.43. The number of carbonyl (C=O) groups excluding carboxylic acids is 1. The highest BCUT2D eigenvalue weighted by molar-refractivity contribution is 7.14. The molecule has 1 aromatic heterocycles. The van der Waals surface area contributed by atoms with Gasteiger partial charge in [-0.15, -0.1) is 11.3 Å². The number of aromatic carboxylic acids is 1. The van der Waals surface area contributed by atoms with Crippen LogP contribution in [0.1, 0.15) is 30.3 Å². The second kappa shape index (κ2) is 3.62. The minimum absolute atomic E-state index is 0.00176. The van der Waals surface area contributed by atoms with Gasteiger partial charge >= 0.3 is 5.97 Å². The molecule has 0 aliphatic heterocycles. The van der Waals surface area contributed by atoms with Crippen LogP contribution in [0.15, 0.2) is 5.38 Å². The zero-order valence-electron chi connectivity index (χ0n) is 8.14. The summed E-state index contributed by atoms with van der Waals surface area (Å²) in [5, 5.41) is 10.7. The van der Waals surface area contributed by atoms with Crippen LogP contribution < -0.4 is 4.90 Å². The summed E-state index contributed by atoms with van der Waals surface area (Å²) in [6.07, 6.45) is 1.95. The minimum Gasteiger partial charge on any atom is -0.476 e. The van der Waals surface area contributed by atoms with Crippen molar-refractivity contribution in [3.05, 3.63) is 11.1 Å². The van der Waals surface area contributed by atoms with Gasteiger partial charge in [0, 0.05) is 18.3 Å². The number of carboxylic acids is 1. The molecule has 1 aliphatic carbocycles. The number of aromatic nitrogens is 1. The molecule has 0 saturated heterocycles. The molecule has 6 heteroatoms. The third-order valence-electron chi connectivity index (χ3n) is 2.17. The van der Waals surface area contributed by atoms with Crippen molar-refractivity contribution in [1.82, 2.24) is 4.98 Å². The van der Waals surface area contributed by atoms with E-state index in [0.717, 1.165) is 12.8 Å². The van der Waals surface area contributed by atoms with Crippen molar-refractivity contribution in [2.75, 3.05) is 4.90 Å². The summed E-state index contributed by atoms with van der Waals surface area (Å²) in [6.45, 7) is 1.47. The first kappa shape index (κ1) is 10.1. The quantitative estimate of drug-likeness (QED) is 0.844. The second-order valence-electron chi connectivity index (χ2n) is 3.44. The van der Waals surface area contributed by atoms with E-state index in [4.69, 9.17) is 5.11 Å². The lowest BCUT2D eigenvalue weighted by atomic mass is 10.5. The molecule has 0 spiro atoms. The molecule has 5 nitrogen and oxygen atoms in total. The van der Waals surface area contributed by atoms with E-state index in [2.05, 4.69) is 4.98 Å². The molecule has 1 aliphatic rings. The van der Waals surface area contributed by atoms with Gasteiger partial charge in [-0.2, -0.15) is 0 Å². The molecule has 1 saturated carbocycles. The van der Waals surface area contributed by atoms with Crippen molar-refractivity contribution in [3.8, 4) is 0 Å². The largest absolute Gasteiger partial charge is 0.476 e. The van der Waals surface area contributed by atoms with E-state index in [1.165, 1.54) is 23.6 Å². The van der Waals surface area contributed by atoms with Crippen LogP contribution >= 0.6 is 11.3 Å². The second-order valence-corrected chi connectivity index (χ2v) is 4.28. The standard InChI is InChI=1S/C9H10N2O3S/c1-5(12)11(6-2-3-6)9-10-7(4-15-9)8(13)14/h4,6H,2-3H2,1H3,(H,13,14). The maximum absolute atomic E-state index is 11.4. The number of amides is 1. The number of anilines is 1. The van der Waals surface area contributed by atoms with Gasteiger partial charge in [0.15, 0.2) is 10.8 Å². The molecule has 0 unspecified atom stereocenters. The number of thiazole rings is 1. The summed E-state index contributed by atoms with van der Waals surface area (Å²) >= 11 is 1.20. The number of carbonyl (C=O) groups is 2. The Morgan fingerprint density at radius 2 is 2.27 bits per heavy atom. The number of hydrogen-bond donors (Lipinski definition) is 1. The summed E-state index contributed by atoms with van der Waals surface area (Å²) in [5.41, 5.74) is 0.00176. The van der Waals surface area contributed by atoms with Crippen molar-refractivity contribution in [2.45, 2.75) is 25.8 Å². The average molecular weight is 226 g/mol. The van der Waals surface area contributed by atoms with Gasteiger partial charge in [-0.25, -0.2) is 9.78 Å². The molecule has 80 valence electrons. The topological polar surface area (TPSA) is 70.5 Å². The van der Waals surface area contributed by atoms with Crippen LogP contribution in [-0.4, -0.2) is 28.0 Å². The Balaban J connectivity index is 2.25. The van der Waals surface area contributed by atoms with Gasteiger partial charge in [-0.05, 0) is 12.8 Å². The molecule has 0 radical (unpaired) electrons. The van der Waals surface area contributed by atoms with Gasteiger partial charge in [-0.3, -0.25) is 9.69 Å². The van der Waals surface area contributed by atoms with E-state index in [-0.39, 0.29) is 17.6 Å². The van der Waals surface area contributed by atoms with Crippen LogP contribution in [0.25, 0.3) is 0 Å². The minimum atomic E-state index is -1.06. The first-order valence-electron chi connectivity index (χ1n) is 4.58. The molecule has 2 rings (SSSR count). The maximum atomic E-state index is 11.4. The van der Waals surface area contributed by atoms with E-state index in [1.54, 1.807) is 4.90 Å². The molecule has 1 amide bonds. The monoisotopic (exact) mass is 226 g/mol. The van der Waals surface area contributed by atoms with E-state index < -0.39 is 5.97 Å². The predicted octanol–water partition coefficient (Wildman–Crippen LogP) is 1.36. The molecular weight excluding hydrogens is 216 g/mol. The van der Waals surface area contributed by atoms with E-state index in [9.17, 15) is 9.59 Å². The van der Waals surface area contributed by atoms with Gasteiger partial charge in [0.2, 0.25) is 5.91 Å². The first-order chi connectivity index (χ1) is 7.09. The molecule has 15 heavy (non-hydrogen) atoms. The third-order valence-corrected chi connectivity index (χ3v) is 3.01. The molecular formula is C9H10N2O3S. The summed E-state index contributed by atoms with van der Waals surface area (Å²) < 4.78 is 0. The smallest absolute Gasteiger partial charge is 0.355 e. The Labute approximate surface area is 90.4 Å². The number of hydrogen-bond acceptors (Lipinski definition) is 4. The maximum Gasteiger partial charge on any atom is 0.355 e. The van der Waals surface area contributed by atoms with Crippen LogP contribution in [0.5, 0.6) is 0 Å². The van der Waals surface area contributed by atoms with E-state index in [0.29, 0.717) is 5.13 Å². The van der Waals surface area contributed by atoms with Crippen molar-refractivity contribution >= 4 is 28.3 Å². The molecule has 1 fully saturated rings. The summed E-state index contributed by atoms with van der Waals surface area (Å²) in [7, 11) is 0. The summed E-state index contributed by atoms with van der Waals surface area (Å²) in [4.78, 5) is 27.5. The van der Waals surface area contributed by atoms with Gasteiger partial charge in [0.1, 0.15) is 0 Å². The van der Waals surface area contributed by atoms with Crippen LogP contribution in [0.3, 0.4) is 0 Å². The average Bonchev–Trinajstić information content (AvgIpc) is 2.81. The van der Waals surface area contributed by atoms with Crippen LogP contribution in [0, 0.1) is 0 Å². The van der Waals surface area contributed by atoms with Gasteiger partial charge in [0.05, 0.1) is 0 Å². The zero-order valence-corrected chi connectivity index (χ0v) is 8.95. The first-order valence-corrected chi connectivity index (χ1v) is 5.46. The number of nitrogens with zero attached hydrogens (tertiary/aromatic N) is 2. The highest BCUT2D eigenvalue weighted by Gasteiger charge is 2.33. The molecule has 0 aromatic carbocycles. The van der Waals surface area contributed by atoms with Gasteiger partial charge < -0.3 is 5.11 Å². The molecule has 1 heterocycles. The lowest BCUT2D eigenvalue weighted by Crippen LogP contribution is -2.30. The SMILES string of the molecule is CC(=O)N(c1nc(C(=O)O)cs1)C1CC1. The normalized spacial score (nSPS) is 15.0.